The number of hydrogen-bond donors (Lipinski definition) is 1. The first-order chi connectivity index (χ1) is 15.1. The molecule has 0 atom stereocenters. The van der Waals surface area contributed by atoms with E-state index in [1.165, 1.54) is 0 Å². The molecule has 1 aliphatic rings. The van der Waals surface area contributed by atoms with Gasteiger partial charge in [-0.2, -0.15) is 24.9 Å². The van der Waals surface area contributed by atoms with Crippen LogP contribution in [0.4, 0.5) is 24.5 Å². The molecule has 1 amide bonds. The third kappa shape index (κ3) is 6.36. The molecule has 3 rings (SSSR count). The van der Waals surface area contributed by atoms with E-state index in [1.54, 1.807) is 12.1 Å². The third-order valence-electron chi connectivity index (χ3n) is 5.00. The van der Waals surface area contributed by atoms with Crippen molar-refractivity contribution in [3.8, 4) is 5.75 Å². The Bertz CT molecular complexity index is 995. The number of rotatable bonds is 7. The van der Waals surface area contributed by atoms with Crippen molar-refractivity contribution < 1.29 is 27.6 Å². The zero-order valence-electron chi connectivity index (χ0n) is 17.3. The van der Waals surface area contributed by atoms with Crippen LogP contribution in [0.5, 0.6) is 5.75 Å². The fraction of sp³-hybridized carbons (Fsp3) is 0.381. The van der Waals surface area contributed by atoms with Gasteiger partial charge in [0.1, 0.15) is 11.3 Å². The van der Waals surface area contributed by atoms with Gasteiger partial charge in [0.2, 0.25) is 0 Å². The lowest BCUT2D eigenvalue weighted by Crippen LogP contribution is -2.32. The number of thioether (sulfide) groups is 1. The second kappa shape index (κ2) is 10.2. The Kier molecular flexibility index (Phi) is 7.62. The van der Waals surface area contributed by atoms with Gasteiger partial charge in [-0.1, -0.05) is 12.1 Å². The lowest BCUT2D eigenvalue weighted by atomic mass is 10.1. The monoisotopic (exact) mass is 469 g/mol. The number of alkyl halides is 3. The van der Waals surface area contributed by atoms with Crippen molar-refractivity contribution in [3.05, 3.63) is 63.2 Å². The number of nitro groups is 1. The second-order valence-corrected chi connectivity index (χ2v) is 8.50. The normalized spacial score (nSPS) is 14.8. The molecule has 11 heteroatoms. The number of carbonyl (C=O) groups is 1. The third-order valence-corrected chi connectivity index (χ3v) is 5.95. The van der Waals surface area contributed by atoms with Gasteiger partial charge >= 0.3 is 6.18 Å². The van der Waals surface area contributed by atoms with Gasteiger partial charge in [-0.25, -0.2) is 0 Å². The van der Waals surface area contributed by atoms with Crippen molar-refractivity contribution in [3.63, 3.8) is 0 Å². The predicted molar refractivity (Wildman–Crippen MR) is 116 cm³/mol. The van der Waals surface area contributed by atoms with Gasteiger partial charge in [-0.3, -0.25) is 19.8 Å². The number of amides is 1. The Hall–Kier alpha value is -2.79. The molecule has 0 unspecified atom stereocenters. The van der Waals surface area contributed by atoms with Crippen molar-refractivity contribution in [1.29, 1.82) is 0 Å². The SMILES string of the molecule is Cc1c(CN2CCSCC2)cccc1NC(=O)c1cc(OCC(F)(F)F)ccc1[N+](=O)[O-]. The molecule has 0 aliphatic carbocycles. The zero-order valence-corrected chi connectivity index (χ0v) is 18.1. The Morgan fingerprint density at radius 3 is 2.62 bits per heavy atom. The molecule has 7 nitrogen and oxygen atoms in total. The summed E-state index contributed by atoms with van der Waals surface area (Å²) in [5, 5.41) is 14.0. The maximum atomic E-state index is 12.8. The molecule has 32 heavy (non-hydrogen) atoms. The first-order valence-electron chi connectivity index (χ1n) is 9.82. The van der Waals surface area contributed by atoms with Gasteiger partial charge in [0, 0.05) is 42.9 Å². The van der Waals surface area contributed by atoms with Gasteiger partial charge < -0.3 is 10.1 Å². The van der Waals surface area contributed by atoms with Crippen molar-refractivity contribution in [1.82, 2.24) is 4.90 Å². The summed E-state index contributed by atoms with van der Waals surface area (Å²) in [4.78, 5) is 25.7. The maximum Gasteiger partial charge on any atom is 0.422 e. The average Bonchev–Trinajstić information content (AvgIpc) is 2.75. The van der Waals surface area contributed by atoms with Crippen LogP contribution >= 0.6 is 11.8 Å². The number of ether oxygens (including phenoxy) is 1. The molecule has 0 spiro atoms. The van der Waals surface area contributed by atoms with Gasteiger partial charge in [0.15, 0.2) is 6.61 Å². The zero-order chi connectivity index (χ0) is 23.3. The highest BCUT2D eigenvalue weighted by atomic mass is 32.2. The summed E-state index contributed by atoms with van der Waals surface area (Å²) < 4.78 is 41.9. The number of hydrogen-bond acceptors (Lipinski definition) is 6. The first kappa shape index (κ1) is 23.9. The number of halogens is 3. The van der Waals surface area contributed by atoms with Crippen molar-refractivity contribution in [2.24, 2.45) is 0 Å². The highest BCUT2D eigenvalue weighted by Gasteiger charge is 2.29. The average molecular weight is 469 g/mol. The van der Waals surface area contributed by atoms with E-state index in [1.807, 2.05) is 24.8 Å². The molecule has 0 aromatic heterocycles. The molecular formula is C21H22F3N3O4S. The van der Waals surface area contributed by atoms with Crippen LogP contribution in [-0.4, -0.2) is 53.1 Å². The van der Waals surface area contributed by atoms with E-state index in [4.69, 9.17) is 0 Å². The fourth-order valence-corrected chi connectivity index (χ4v) is 4.27. The number of anilines is 1. The van der Waals surface area contributed by atoms with Crippen LogP contribution in [0.2, 0.25) is 0 Å². The van der Waals surface area contributed by atoms with Crippen molar-refractivity contribution in [2.45, 2.75) is 19.6 Å². The largest absolute Gasteiger partial charge is 0.484 e. The topological polar surface area (TPSA) is 84.7 Å². The molecule has 1 fully saturated rings. The van der Waals surface area contributed by atoms with E-state index < -0.39 is 29.3 Å². The quantitative estimate of drug-likeness (QED) is 0.470. The second-order valence-electron chi connectivity index (χ2n) is 7.27. The Labute approximate surface area is 187 Å². The van der Waals surface area contributed by atoms with E-state index in [9.17, 15) is 28.1 Å². The van der Waals surface area contributed by atoms with Crippen molar-refractivity contribution in [2.75, 3.05) is 36.5 Å². The molecule has 1 saturated heterocycles. The summed E-state index contributed by atoms with van der Waals surface area (Å²) in [6, 6.07) is 8.36. The van der Waals surface area contributed by atoms with Gasteiger partial charge in [0.25, 0.3) is 11.6 Å². The minimum Gasteiger partial charge on any atom is -0.484 e. The minimum absolute atomic E-state index is 0.286. The van der Waals surface area contributed by atoms with Crippen LogP contribution in [0, 0.1) is 17.0 Å². The molecular weight excluding hydrogens is 447 g/mol. The van der Waals surface area contributed by atoms with Crippen molar-refractivity contribution >= 4 is 29.0 Å². The van der Waals surface area contributed by atoms with Crippen LogP contribution in [0.1, 0.15) is 21.5 Å². The number of nitrogens with one attached hydrogen (secondary N) is 1. The van der Waals surface area contributed by atoms with E-state index >= 15 is 0 Å². The molecule has 1 heterocycles. The van der Waals surface area contributed by atoms with Crippen LogP contribution < -0.4 is 10.1 Å². The van der Waals surface area contributed by atoms with Crippen LogP contribution in [0.15, 0.2) is 36.4 Å². The Morgan fingerprint density at radius 2 is 1.97 bits per heavy atom. The highest BCUT2D eigenvalue weighted by Crippen LogP contribution is 2.28. The summed E-state index contributed by atoms with van der Waals surface area (Å²) in [6.45, 7) is 2.94. The summed E-state index contributed by atoms with van der Waals surface area (Å²) >= 11 is 1.91. The van der Waals surface area contributed by atoms with Gasteiger partial charge in [-0.05, 0) is 36.2 Å². The molecule has 172 valence electrons. The van der Waals surface area contributed by atoms with E-state index in [0.29, 0.717) is 5.69 Å². The maximum absolute atomic E-state index is 12.8. The standard InChI is InChI=1S/C21H22F3N3O4S/c1-14-15(12-26-7-9-32-10-8-26)3-2-4-18(14)25-20(28)17-11-16(31-13-21(22,23)24)5-6-19(17)27(29)30/h2-6,11H,7-10,12-13H2,1H3,(H,25,28). The van der Waals surface area contributed by atoms with Crippen LogP contribution in [0.25, 0.3) is 0 Å². The molecule has 2 aromatic rings. The summed E-state index contributed by atoms with van der Waals surface area (Å²) in [7, 11) is 0. The van der Waals surface area contributed by atoms with Gasteiger partial charge in [0.05, 0.1) is 4.92 Å². The van der Waals surface area contributed by atoms with E-state index in [2.05, 4.69) is 15.0 Å². The van der Waals surface area contributed by atoms with Crippen LogP contribution in [-0.2, 0) is 6.54 Å². The number of nitrogens with zero attached hydrogens (tertiary/aromatic N) is 2. The summed E-state index contributed by atoms with van der Waals surface area (Å²) in [6.07, 6.45) is -4.57. The summed E-state index contributed by atoms with van der Waals surface area (Å²) in [5.74, 6) is 1.04. The molecule has 1 N–H and O–H groups in total. The molecule has 2 aromatic carbocycles. The van der Waals surface area contributed by atoms with Crippen LogP contribution in [0.3, 0.4) is 0 Å². The molecule has 0 bridgehead atoms. The smallest absolute Gasteiger partial charge is 0.422 e. The number of benzene rings is 2. The number of carbonyl (C=O) groups excluding carboxylic acids is 1. The van der Waals surface area contributed by atoms with Gasteiger partial charge in [-0.15, -0.1) is 0 Å². The fourth-order valence-electron chi connectivity index (χ4n) is 3.29. The first-order valence-corrected chi connectivity index (χ1v) is 11.0. The van der Waals surface area contributed by atoms with E-state index in [0.717, 1.165) is 60.5 Å². The minimum atomic E-state index is -4.57. The van der Waals surface area contributed by atoms with E-state index in [-0.39, 0.29) is 11.3 Å². The molecule has 0 radical (unpaired) electrons. The molecule has 1 aliphatic heterocycles. The summed E-state index contributed by atoms with van der Waals surface area (Å²) in [5.41, 5.74) is 1.42. The lowest BCUT2D eigenvalue weighted by molar-refractivity contribution is -0.385. The molecule has 0 saturated carbocycles. The highest BCUT2D eigenvalue weighted by molar-refractivity contribution is 7.99. The Morgan fingerprint density at radius 1 is 1.25 bits per heavy atom. The predicted octanol–water partition coefficient (Wildman–Crippen LogP) is 4.65. The lowest BCUT2D eigenvalue weighted by Gasteiger charge is -2.27. The Balaban J connectivity index is 1.81. The number of nitro benzene ring substituents is 1.